The number of aryl methyl sites for hydroxylation is 2. The Morgan fingerprint density at radius 1 is 0.400 bits per heavy atom. The smallest absolute Gasteiger partial charge is 0.0991 e. The molecule has 0 bridgehead atoms. The molecule has 0 aliphatic rings. The van der Waals surface area contributed by atoms with Crippen LogP contribution in [0.15, 0.2) is 121 Å². The minimum absolute atomic E-state index is 0.668. The highest BCUT2D eigenvalue weighted by molar-refractivity contribution is 6.31. The van der Waals surface area contributed by atoms with Crippen molar-refractivity contribution < 1.29 is 0 Å². The topological polar surface area (TPSA) is 56.4 Å². The maximum atomic E-state index is 9.76. The molecule has 0 aliphatic heterocycles. The van der Waals surface area contributed by atoms with Gasteiger partial charge in [0.15, 0.2) is 0 Å². The number of nitrogens with zero attached hydrogens (tertiary/aromatic N) is 4. The SMILES string of the molecule is Cc1ccc(C#N)cc1-c1ccc2c3cc4c(cc3n3c5ccccc5c1c23)c1ccc(-c2cc(C#N)ccc2C)c2c3ccccc3n4c12. The van der Waals surface area contributed by atoms with Crippen molar-refractivity contribution in [1.82, 2.24) is 8.80 Å². The van der Waals surface area contributed by atoms with E-state index in [9.17, 15) is 10.5 Å². The third-order valence-electron chi connectivity index (χ3n) is 11.1. The van der Waals surface area contributed by atoms with Crippen molar-refractivity contribution >= 4 is 76.2 Å². The summed E-state index contributed by atoms with van der Waals surface area (Å²) in [5.41, 5.74) is 15.3. The molecule has 0 unspecified atom stereocenters. The molecule has 0 saturated carbocycles. The van der Waals surface area contributed by atoms with Crippen LogP contribution in [0.5, 0.6) is 0 Å². The number of fused-ring (bicyclic) bond motifs is 12. The summed E-state index contributed by atoms with van der Waals surface area (Å²) in [7, 11) is 0. The summed E-state index contributed by atoms with van der Waals surface area (Å²) >= 11 is 0. The van der Waals surface area contributed by atoms with Crippen molar-refractivity contribution in [3.05, 3.63) is 144 Å². The zero-order valence-corrected chi connectivity index (χ0v) is 27.3. The van der Waals surface area contributed by atoms with Gasteiger partial charge < -0.3 is 8.80 Å². The Labute approximate surface area is 286 Å². The average Bonchev–Trinajstić information content (AvgIpc) is 3.88. The Morgan fingerprint density at radius 3 is 1.28 bits per heavy atom. The number of rotatable bonds is 2. The van der Waals surface area contributed by atoms with Gasteiger partial charge in [-0.2, -0.15) is 10.5 Å². The van der Waals surface area contributed by atoms with E-state index in [1.54, 1.807) is 0 Å². The third-order valence-corrected chi connectivity index (χ3v) is 11.1. The minimum Gasteiger partial charge on any atom is -0.308 e. The molecule has 4 aromatic heterocycles. The Morgan fingerprint density at radius 2 is 0.840 bits per heavy atom. The van der Waals surface area contributed by atoms with Crippen molar-refractivity contribution in [1.29, 1.82) is 10.5 Å². The van der Waals surface area contributed by atoms with Gasteiger partial charge in [-0.05, 0) is 95.8 Å². The van der Waals surface area contributed by atoms with Crippen LogP contribution in [0.2, 0.25) is 0 Å². The van der Waals surface area contributed by atoms with Gasteiger partial charge in [-0.25, -0.2) is 0 Å². The van der Waals surface area contributed by atoms with Gasteiger partial charge in [0.25, 0.3) is 0 Å². The fraction of sp³-hybridized carbons (Fsp3) is 0.0435. The number of benzene rings is 7. The van der Waals surface area contributed by atoms with Crippen LogP contribution >= 0.6 is 0 Å². The molecule has 0 saturated heterocycles. The molecule has 11 rings (SSSR count). The summed E-state index contributed by atoms with van der Waals surface area (Å²) in [4.78, 5) is 0. The highest BCUT2D eigenvalue weighted by Crippen LogP contribution is 2.48. The maximum Gasteiger partial charge on any atom is 0.0991 e. The van der Waals surface area contributed by atoms with Crippen LogP contribution < -0.4 is 0 Å². The molecule has 7 aromatic carbocycles. The molecule has 0 radical (unpaired) electrons. The molecule has 4 heteroatoms. The summed E-state index contributed by atoms with van der Waals surface area (Å²) in [6.45, 7) is 4.25. The summed E-state index contributed by atoms with van der Waals surface area (Å²) in [5.74, 6) is 0. The zero-order valence-electron chi connectivity index (χ0n) is 27.3. The highest BCUT2D eigenvalue weighted by Gasteiger charge is 2.25. The summed E-state index contributed by atoms with van der Waals surface area (Å²) in [6, 6.07) is 47.9. The van der Waals surface area contributed by atoms with Crippen LogP contribution in [0.25, 0.3) is 98.4 Å². The minimum atomic E-state index is 0.668. The number of hydrogen-bond acceptors (Lipinski definition) is 2. The Bertz CT molecular complexity index is 3130. The molecule has 4 heterocycles. The summed E-state index contributed by atoms with van der Waals surface area (Å²) in [5, 5.41) is 29.3. The molecule has 0 atom stereocenters. The van der Waals surface area contributed by atoms with E-state index in [1.807, 2.05) is 24.3 Å². The molecule has 4 nitrogen and oxygen atoms in total. The van der Waals surface area contributed by atoms with Gasteiger partial charge in [0, 0.05) is 43.1 Å². The van der Waals surface area contributed by atoms with Crippen LogP contribution in [0.4, 0.5) is 0 Å². The number of para-hydroxylation sites is 2. The zero-order chi connectivity index (χ0) is 33.4. The molecule has 0 amide bonds. The van der Waals surface area contributed by atoms with Gasteiger partial charge in [0.1, 0.15) is 0 Å². The molecule has 11 aromatic rings. The first-order valence-electron chi connectivity index (χ1n) is 16.9. The van der Waals surface area contributed by atoms with E-state index >= 15 is 0 Å². The molecular weight excluding hydrogens is 609 g/mol. The summed E-state index contributed by atoms with van der Waals surface area (Å²) < 4.78 is 4.91. The maximum absolute atomic E-state index is 9.76. The lowest BCUT2D eigenvalue weighted by Crippen LogP contribution is -1.87. The quantitative estimate of drug-likeness (QED) is 0.190. The second-order valence-electron chi connectivity index (χ2n) is 13.6. The highest BCUT2D eigenvalue weighted by atomic mass is 14.9. The molecule has 230 valence electrons. The third kappa shape index (κ3) is 3.23. The first-order chi connectivity index (χ1) is 24.6. The van der Waals surface area contributed by atoms with Crippen LogP contribution in [-0.2, 0) is 0 Å². The predicted octanol–water partition coefficient (Wildman–Crippen LogP) is 11.7. The molecular formula is C46H26N4. The fourth-order valence-corrected chi connectivity index (χ4v) is 8.92. The molecule has 0 N–H and O–H groups in total. The lowest BCUT2D eigenvalue weighted by Gasteiger charge is -2.09. The predicted molar refractivity (Wildman–Crippen MR) is 206 cm³/mol. The van der Waals surface area contributed by atoms with E-state index in [0.29, 0.717) is 11.1 Å². The number of nitriles is 2. The fourth-order valence-electron chi connectivity index (χ4n) is 8.92. The number of aromatic nitrogens is 2. The van der Waals surface area contributed by atoms with Crippen molar-refractivity contribution in [2.24, 2.45) is 0 Å². The van der Waals surface area contributed by atoms with Gasteiger partial charge in [-0.15, -0.1) is 0 Å². The first kappa shape index (κ1) is 27.1. The average molecular weight is 635 g/mol. The van der Waals surface area contributed by atoms with Gasteiger partial charge in [0.2, 0.25) is 0 Å². The van der Waals surface area contributed by atoms with Crippen molar-refractivity contribution in [3.8, 4) is 34.4 Å². The van der Waals surface area contributed by atoms with Crippen LogP contribution in [0.1, 0.15) is 22.3 Å². The normalized spacial score (nSPS) is 12.2. The summed E-state index contributed by atoms with van der Waals surface area (Å²) in [6.07, 6.45) is 0. The van der Waals surface area contributed by atoms with E-state index in [0.717, 1.165) is 33.4 Å². The standard InChI is InChI=1S/C46H26N4/c1-25-11-13-27(23-47)19-35(25)29-15-17-31-37-21-42-38(22-41(37)49-39-9-5-3-7-33(39)43(29)45(31)49)32-18-16-30(36-20-28(24-48)14-12-26(36)2)44-34-8-4-6-10-40(34)50(42)46(32)44/h3-22H,1-2H3. The second kappa shape index (κ2) is 9.38. The van der Waals surface area contributed by atoms with Crippen LogP contribution in [0, 0.1) is 36.5 Å². The van der Waals surface area contributed by atoms with Crippen molar-refractivity contribution in [2.45, 2.75) is 13.8 Å². The van der Waals surface area contributed by atoms with E-state index in [1.165, 1.54) is 76.2 Å². The largest absolute Gasteiger partial charge is 0.308 e. The van der Waals surface area contributed by atoms with Gasteiger partial charge in [-0.3, -0.25) is 0 Å². The van der Waals surface area contributed by atoms with Crippen molar-refractivity contribution in [2.75, 3.05) is 0 Å². The van der Waals surface area contributed by atoms with Crippen molar-refractivity contribution in [3.63, 3.8) is 0 Å². The second-order valence-corrected chi connectivity index (χ2v) is 13.6. The Hall–Kier alpha value is -6.88. The first-order valence-corrected chi connectivity index (χ1v) is 16.9. The van der Waals surface area contributed by atoms with E-state index in [4.69, 9.17) is 0 Å². The van der Waals surface area contributed by atoms with Gasteiger partial charge >= 0.3 is 0 Å². The molecule has 0 fully saturated rings. The lowest BCUT2D eigenvalue weighted by atomic mass is 9.93. The Balaban J connectivity index is 1.30. The molecule has 50 heavy (non-hydrogen) atoms. The number of hydrogen-bond donors (Lipinski definition) is 0. The van der Waals surface area contributed by atoms with Crippen LogP contribution in [-0.4, -0.2) is 8.80 Å². The van der Waals surface area contributed by atoms with Crippen LogP contribution in [0.3, 0.4) is 0 Å². The van der Waals surface area contributed by atoms with Gasteiger partial charge in [-0.1, -0.05) is 72.8 Å². The van der Waals surface area contributed by atoms with E-state index < -0.39 is 0 Å². The van der Waals surface area contributed by atoms with E-state index in [-0.39, 0.29) is 0 Å². The monoisotopic (exact) mass is 634 g/mol. The van der Waals surface area contributed by atoms with Gasteiger partial charge in [0.05, 0.1) is 56.4 Å². The Kier molecular flexibility index (Phi) is 5.09. The lowest BCUT2D eigenvalue weighted by molar-refractivity contribution is 1.36. The molecule has 0 spiro atoms. The van der Waals surface area contributed by atoms with E-state index in [2.05, 4.69) is 132 Å². The molecule has 0 aliphatic carbocycles.